The quantitative estimate of drug-likeness (QED) is 0.722. The maximum Gasteiger partial charge on any atom is 0.327 e. The van der Waals surface area contributed by atoms with Gasteiger partial charge in [-0.3, -0.25) is 14.5 Å². The molecule has 2 aliphatic heterocycles. The van der Waals surface area contributed by atoms with Crippen LogP contribution in [-0.2, 0) is 11.2 Å². The molecular weight excluding hydrogens is 378 g/mol. The minimum atomic E-state index is -0.591. The molecule has 2 aliphatic rings. The Balaban J connectivity index is 1.43. The second kappa shape index (κ2) is 7.63. The van der Waals surface area contributed by atoms with Gasteiger partial charge in [0.2, 0.25) is 0 Å². The van der Waals surface area contributed by atoms with Crippen LogP contribution in [-0.4, -0.2) is 71.9 Å². The van der Waals surface area contributed by atoms with E-state index < -0.39 is 6.04 Å². The van der Waals surface area contributed by atoms with Crippen molar-refractivity contribution in [1.29, 1.82) is 0 Å². The first-order valence-corrected chi connectivity index (χ1v) is 10.0. The molecule has 1 atom stereocenters. The fourth-order valence-corrected chi connectivity index (χ4v) is 4.33. The molecule has 7 nitrogen and oxygen atoms in total. The van der Waals surface area contributed by atoms with E-state index in [0.717, 1.165) is 4.88 Å². The van der Waals surface area contributed by atoms with Crippen LogP contribution in [0.4, 0.5) is 4.79 Å². The molecule has 3 heterocycles. The van der Waals surface area contributed by atoms with Crippen molar-refractivity contribution in [2.45, 2.75) is 12.5 Å². The molecule has 2 aromatic rings. The van der Waals surface area contributed by atoms with Crippen molar-refractivity contribution in [3.05, 3.63) is 52.2 Å². The smallest absolute Gasteiger partial charge is 0.327 e. The van der Waals surface area contributed by atoms with Crippen LogP contribution < -0.4 is 4.74 Å². The number of piperazine rings is 1. The van der Waals surface area contributed by atoms with E-state index in [1.165, 1.54) is 4.90 Å². The molecule has 0 radical (unpaired) electrons. The van der Waals surface area contributed by atoms with Gasteiger partial charge in [0.1, 0.15) is 11.8 Å². The number of nitrogens with zero attached hydrogens (tertiary/aromatic N) is 3. The summed E-state index contributed by atoms with van der Waals surface area (Å²) in [6.45, 7) is 1.38. The van der Waals surface area contributed by atoms with E-state index in [0.29, 0.717) is 37.4 Å². The van der Waals surface area contributed by atoms with Gasteiger partial charge in [-0.05, 0) is 42.1 Å². The van der Waals surface area contributed by atoms with E-state index in [1.807, 2.05) is 17.5 Å². The number of carbonyl (C=O) groups is 3. The highest BCUT2D eigenvalue weighted by atomic mass is 32.1. The summed E-state index contributed by atoms with van der Waals surface area (Å²) in [5.74, 6) is 0.327. The van der Waals surface area contributed by atoms with E-state index in [1.54, 1.807) is 52.5 Å². The first-order chi connectivity index (χ1) is 13.6. The van der Waals surface area contributed by atoms with Gasteiger partial charge in [0.05, 0.1) is 13.7 Å². The SMILES string of the molecule is COc1ccc(C(=O)N2CCN3C(=O)N(CCc4cccs4)C(=O)C3C2)cc1. The molecule has 1 aromatic carbocycles. The van der Waals surface area contributed by atoms with E-state index >= 15 is 0 Å². The van der Waals surface area contributed by atoms with Crippen LogP contribution >= 0.6 is 11.3 Å². The van der Waals surface area contributed by atoms with Crippen LogP contribution in [0.5, 0.6) is 5.75 Å². The van der Waals surface area contributed by atoms with Gasteiger partial charge in [-0.1, -0.05) is 6.07 Å². The number of thiophene rings is 1. The van der Waals surface area contributed by atoms with Crippen molar-refractivity contribution in [2.24, 2.45) is 0 Å². The van der Waals surface area contributed by atoms with Crippen LogP contribution in [0, 0.1) is 0 Å². The van der Waals surface area contributed by atoms with Crippen LogP contribution in [0.1, 0.15) is 15.2 Å². The zero-order chi connectivity index (χ0) is 19.7. The summed E-state index contributed by atoms with van der Waals surface area (Å²) in [5, 5.41) is 1.98. The molecule has 8 heteroatoms. The Morgan fingerprint density at radius 2 is 1.96 bits per heavy atom. The second-order valence-electron chi connectivity index (χ2n) is 6.79. The fraction of sp³-hybridized carbons (Fsp3) is 0.350. The Bertz CT molecular complexity index is 881. The Kier molecular flexibility index (Phi) is 5.04. The number of rotatable bonds is 5. The first kappa shape index (κ1) is 18.5. The van der Waals surface area contributed by atoms with Gasteiger partial charge in [-0.25, -0.2) is 4.79 Å². The first-order valence-electron chi connectivity index (χ1n) is 9.16. The molecule has 0 spiro atoms. The molecule has 2 saturated heterocycles. The van der Waals surface area contributed by atoms with Gasteiger partial charge in [0.15, 0.2) is 0 Å². The lowest BCUT2D eigenvalue weighted by Gasteiger charge is -2.35. The average molecular weight is 399 g/mol. The van der Waals surface area contributed by atoms with Crippen LogP contribution in [0.25, 0.3) is 0 Å². The molecule has 0 N–H and O–H groups in total. The van der Waals surface area contributed by atoms with Crippen molar-refractivity contribution in [1.82, 2.24) is 14.7 Å². The highest BCUT2D eigenvalue weighted by Crippen LogP contribution is 2.24. The number of imide groups is 1. The summed E-state index contributed by atoms with van der Waals surface area (Å²) in [4.78, 5) is 44.0. The van der Waals surface area contributed by atoms with E-state index in [2.05, 4.69) is 0 Å². The topological polar surface area (TPSA) is 70.2 Å². The lowest BCUT2D eigenvalue weighted by Crippen LogP contribution is -2.54. The monoisotopic (exact) mass is 399 g/mol. The minimum absolute atomic E-state index is 0.139. The fourth-order valence-electron chi connectivity index (χ4n) is 3.64. The maximum absolute atomic E-state index is 12.8. The third kappa shape index (κ3) is 3.35. The molecule has 0 saturated carbocycles. The second-order valence-corrected chi connectivity index (χ2v) is 7.82. The van der Waals surface area contributed by atoms with E-state index in [9.17, 15) is 14.4 Å². The minimum Gasteiger partial charge on any atom is -0.497 e. The zero-order valence-electron chi connectivity index (χ0n) is 15.5. The number of urea groups is 1. The lowest BCUT2D eigenvalue weighted by atomic mass is 10.1. The summed E-state index contributed by atoms with van der Waals surface area (Å²) < 4.78 is 5.12. The van der Waals surface area contributed by atoms with Crippen molar-refractivity contribution in [2.75, 3.05) is 33.3 Å². The van der Waals surface area contributed by atoms with Gasteiger partial charge in [0.25, 0.3) is 11.8 Å². The summed E-state index contributed by atoms with van der Waals surface area (Å²) in [5.41, 5.74) is 0.542. The Morgan fingerprint density at radius 3 is 2.64 bits per heavy atom. The van der Waals surface area contributed by atoms with Gasteiger partial charge in [-0.15, -0.1) is 11.3 Å². The lowest BCUT2D eigenvalue weighted by molar-refractivity contribution is -0.129. The van der Waals surface area contributed by atoms with Crippen LogP contribution in [0.15, 0.2) is 41.8 Å². The zero-order valence-corrected chi connectivity index (χ0v) is 16.4. The Hall–Kier alpha value is -2.87. The number of fused-ring (bicyclic) bond motifs is 1. The van der Waals surface area contributed by atoms with Gasteiger partial charge >= 0.3 is 6.03 Å². The van der Waals surface area contributed by atoms with Gasteiger partial charge in [0, 0.05) is 30.1 Å². The predicted octanol–water partition coefficient (Wildman–Crippen LogP) is 2.09. The maximum atomic E-state index is 12.8. The molecule has 1 aromatic heterocycles. The number of methoxy groups -OCH3 is 1. The van der Waals surface area contributed by atoms with E-state index in [-0.39, 0.29) is 24.4 Å². The average Bonchev–Trinajstić information content (AvgIpc) is 3.33. The Morgan fingerprint density at radius 1 is 1.18 bits per heavy atom. The van der Waals surface area contributed by atoms with Gasteiger partial charge in [-0.2, -0.15) is 0 Å². The third-order valence-corrected chi connectivity index (χ3v) is 6.13. The predicted molar refractivity (Wildman–Crippen MR) is 105 cm³/mol. The molecule has 0 aliphatic carbocycles. The van der Waals surface area contributed by atoms with Gasteiger partial charge < -0.3 is 14.5 Å². The molecule has 0 bridgehead atoms. The molecule has 4 rings (SSSR count). The molecule has 1 unspecified atom stereocenters. The van der Waals surface area contributed by atoms with Crippen LogP contribution in [0.3, 0.4) is 0 Å². The number of amides is 4. The standard InChI is InChI=1S/C20H21N3O4S/c1-27-15-6-4-14(5-7-15)18(24)21-10-11-22-17(13-21)19(25)23(20(22)26)9-8-16-3-2-12-28-16/h2-7,12,17H,8-11,13H2,1H3. The Labute approximate surface area is 167 Å². The molecule has 4 amide bonds. The summed E-state index contributed by atoms with van der Waals surface area (Å²) >= 11 is 1.61. The largest absolute Gasteiger partial charge is 0.497 e. The molecular formula is C20H21N3O4S. The normalized spacial score (nSPS) is 19.2. The number of ether oxygens (including phenoxy) is 1. The van der Waals surface area contributed by atoms with Crippen molar-refractivity contribution in [3.8, 4) is 5.75 Å². The number of carbonyl (C=O) groups excluding carboxylic acids is 3. The molecule has 28 heavy (non-hydrogen) atoms. The third-order valence-electron chi connectivity index (χ3n) is 5.19. The molecule has 146 valence electrons. The number of benzene rings is 1. The highest BCUT2D eigenvalue weighted by Gasteiger charge is 2.48. The number of hydrogen-bond donors (Lipinski definition) is 0. The highest BCUT2D eigenvalue weighted by molar-refractivity contribution is 7.09. The summed E-state index contributed by atoms with van der Waals surface area (Å²) in [6, 6.07) is 10.0. The molecule has 2 fully saturated rings. The number of hydrogen-bond acceptors (Lipinski definition) is 5. The summed E-state index contributed by atoms with van der Waals surface area (Å²) in [6.07, 6.45) is 0.657. The van der Waals surface area contributed by atoms with Crippen molar-refractivity contribution in [3.63, 3.8) is 0 Å². The van der Waals surface area contributed by atoms with Crippen molar-refractivity contribution < 1.29 is 19.1 Å². The van der Waals surface area contributed by atoms with Crippen LogP contribution in [0.2, 0.25) is 0 Å². The van der Waals surface area contributed by atoms with E-state index in [4.69, 9.17) is 4.74 Å². The van der Waals surface area contributed by atoms with Crippen molar-refractivity contribution >= 4 is 29.2 Å². The summed E-state index contributed by atoms with van der Waals surface area (Å²) in [7, 11) is 1.57.